The molecule has 1 aromatic heterocycles. The van der Waals surface area contributed by atoms with Crippen LogP contribution in [0.15, 0.2) is 54.6 Å². The van der Waals surface area contributed by atoms with Crippen molar-refractivity contribution in [2.75, 3.05) is 43.1 Å². The van der Waals surface area contributed by atoms with Gasteiger partial charge in [0.2, 0.25) is 0 Å². The van der Waals surface area contributed by atoms with Crippen LogP contribution in [0.5, 0.6) is 0 Å². The van der Waals surface area contributed by atoms with E-state index >= 15 is 0 Å². The number of carbonyl (C=O) groups excluding carboxylic acids is 1. The fraction of sp³-hybridized carbons (Fsp3) is 0.280. The maximum atomic E-state index is 13.4. The van der Waals surface area contributed by atoms with Crippen molar-refractivity contribution in [3.05, 3.63) is 71.4 Å². The second kappa shape index (κ2) is 8.40. The molecule has 1 saturated heterocycles. The topological polar surface area (TPSA) is 63.7 Å². The van der Waals surface area contributed by atoms with Crippen LogP contribution in [0.25, 0.3) is 16.7 Å². The maximum absolute atomic E-state index is 13.4. The van der Waals surface area contributed by atoms with Crippen LogP contribution in [0.3, 0.4) is 0 Å². The second-order valence-corrected chi connectivity index (χ2v) is 7.89. The van der Waals surface area contributed by atoms with Crippen molar-refractivity contribution in [3.8, 4) is 0 Å². The fourth-order valence-corrected chi connectivity index (χ4v) is 4.05. The number of pyridine rings is 1. The number of morpholine rings is 1. The first-order valence-corrected chi connectivity index (χ1v) is 10.7. The highest BCUT2D eigenvalue weighted by molar-refractivity contribution is 6.13. The van der Waals surface area contributed by atoms with Gasteiger partial charge in [-0.2, -0.15) is 0 Å². The molecule has 3 heterocycles. The molecule has 0 aliphatic carbocycles. The van der Waals surface area contributed by atoms with Crippen LogP contribution in [0.1, 0.15) is 28.0 Å². The number of carbonyl (C=O) groups is 1. The molecule has 1 amide bonds. The number of nitrogens with zero attached hydrogens (tertiary/aromatic N) is 2. The Morgan fingerprint density at radius 1 is 1.06 bits per heavy atom. The number of hydrogen-bond acceptors (Lipinski definition) is 5. The summed E-state index contributed by atoms with van der Waals surface area (Å²) in [5.74, 6) is 0.586. The average Bonchev–Trinajstić information content (AvgIpc) is 3.34. The molecule has 5 rings (SSSR count). The summed E-state index contributed by atoms with van der Waals surface area (Å²) in [5, 5.41) is 3.92. The largest absolute Gasteiger partial charge is 0.491 e. The van der Waals surface area contributed by atoms with Crippen LogP contribution in [-0.4, -0.2) is 43.8 Å². The van der Waals surface area contributed by atoms with E-state index in [0.29, 0.717) is 17.9 Å². The number of nitrogens with one attached hydrogen (secondary N) is 1. The Morgan fingerprint density at radius 2 is 1.94 bits per heavy atom. The predicted molar refractivity (Wildman–Crippen MR) is 122 cm³/mol. The molecule has 0 radical (unpaired) electrons. The Bertz CT molecular complexity index is 1170. The molecular formula is C25H25N3O3. The van der Waals surface area contributed by atoms with E-state index in [2.05, 4.69) is 16.3 Å². The Hall–Kier alpha value is -3.38. The van der Waals surface area contributed by atoms with Gasteiger partial charge < -0.3 is 19.7 Å². The highest BCUT2D eigenvalue weighted by Crippen LogP contribution is 2.28. The zero-order valence-electron chi connectivity index (χ0n) is 17.6. The molecule has 0 atom stereocenters. The lowest BCUT2D eigenvalue weighted by Crippen LogP contribution is -2.36. The number of benzene rings is 2. The molecule has 0 saturated carbocycles. The molecule has 0 bridgehead atoms. The van der Waals surface area contributed by atoms with Gasteiger partial charge in [0.25, 0.3) is 5.91 Å². The van der Waals surface area contributed by atoms with Crippen molar-refractivity contribution >= 4 is 33.9 Å². The van der Waals surface area contributed by atoms with Crippen molar-refractivity contribution in [1.29, 1.82) is 0 Å². The van der Waals surface area contributed by atoms with Gasteiger partial charge in [0.1, 0.15) is 11.5 Å². The molecule has 158 valence electrons. The molecule has 1 fully saturated rings. The van der Waals surface area contributed by atoms with Gasteiger partial charge in [-0.1, -0.05) is 17.7 Å². The fourth-order valence-electron chi connectivity index (χ4n) is 4.05. The second-order valence-electron chi connectivity index (χ2n) is 7.89. The molecule has 2 aliphatic rings. The minimum Gasteiger partial charge on any atom is -0.491 e. The van der Waals surface area contributed by atoms with E-state index < -0.39 is 0 Å². The summed E-state index contributed by atoms with van der Waals surface area (Å²) in [6.45, 7) is 5.82. The molecule has 0 spiro atoms. The number of hydrogen-bond donors (Lipinski definition) is 1. The minimum absolute atomic E-state index is 0.156. The molecule has 1 N–H and O–H groups in total. The van der Waals surface area contributed by atoms with E-state index in [0.717, 1.165) is 66.3 Å². The third kappa shape index (κ3) is 4.11. The number of fused-ring (bicyclic) bond motifs is 1. The number of rotatable bonds is 4. The zero-order chi connectivity index (χ0) is 21.2. The third-order valence-corrected chi connectivity index (χ3v) is 5.65. The van der Waals surface area contributed by atoms with Crippen LogP contribution < -0.4 is 10.2 Å². The van der Waals surface area contributed by atoms with Crippen LogP contribution in [0.4, 0.5) is 11.4 Å². The van der Waals surface area contributed by atoms with Gasteiger partial charge in [-0.15, -0.1) is 0 Å². The van der Waals surface area contributed by atoms with Crippen LogP contribution in [0, 0.1) is 6.92 Å². The van der Waals surface area contributed by atoms with Crippen molar-refractivity contribution in [3.63, 3.8) is 0 Å². The van der Waals surface area contributed by atoms with Crippen LogP contribution >= 0.6 is 0 Å². The molecule has 31 heavy (non-hydrogen) atoms. The van der Waals surface area contributed by atoms with Gasteiger partial charge in [-0.05, 0) is 49.4 Å². The zero-order valence-corrected chi connectivity index (χ0v) is 17.6. The number of aryl methyl sites for hydroxylation is 1. The Kier molecular flexibility index (Phi) is 5.30. The first-order chi connectivity index (χ1) is 15.2. The number of amides is 1. The van der Waals surface area contributed by atoms with Gasteiger partial charge in [0, 0.05) is 36.3 Å². The maximum Gasteiger partial charge on any atom is 0.256 e. The van der Waals surface area contributed by atoms with Crippen molar-refractivity contribution in [2.24, 2.45) is 0 Å². The number of ether oxygens (including phenoxy) is 2. The summed E-state index contributed by atoms with van der Waals surface area (Å²) in [6, 6.07) is 15.8. The number of anilines is 2. The molecular weight excluding hydrogens is 390 g/mol. The van der Waals surface area contributed by atoms with Gasteiger partial charge in [-0.3, -0.25) is 4.79 Å². The predicted octanol–water partition coefficient (Wildman–Crippen LogP) is 4.39. The van der Waals surface area contributed by atoms with Crippen LogP contribution in [-0.2, 0) is 9.47 Å². The Labute approximate surface area is 181 Å². The van der Waals surface area contributed by atoms with Gasteiger partial charge in [0.15, 0.2) is 0 Å². The van der Waals surface area contributed by atoms with E-state index in [1.165, 1.54) is 0 Å². The first-order valence-electron chi connectivity index (χ1n) is 10.7. The summed E-state index contributed by atoms with van der Waals surface area (Å²) in [5.41, 5.74) is 5.01. The third-order valence-electron chi connectivity index (χ3n) is 5.65. The Balaban J connectivity index is 1.48. The minimum atomic E-state index is -0.156. The van der Waals surface area contributed by atoms with Crippen LogP contribution in [0.2, 0.25) is 0 Å². The SMILES string of the molecule is Cc1ccc2nc(C3=CCCO3)cc(C(=O)Nc3cccc(N4CCOCC4)c3)c2c1. The smallest absolute Gasteiger partial charge is 0.256 e. The quantitative estimate of drug-likeness (QED) is 0.685. The van der Waals surface area contributed by atoms with E-state index in [9.17, 15) is 4.79 Å². The monoisotopic (exact) mass is 415 g/mol. The first kappa shape index (κ1) is 19.6. The summed E-state index contributed by atoms with van der Waals surface area (Å²) < 4.78 is 11.1. The normalized spacial score (nSPS) is 16.2. The molecule has 2 aromatic carbocycles. The van der Waals surface area contributed by atoms with E-state index in [-0.39, 0.29) is 5.91 Å². The van der Waals surface area contributed by atoms with Crippen molar-refractivity contribution in [1.82, 2.24) is 4.98 Å². The lowest BCUT2D eigenvalue weighted by Gasteiger charge is -2.29. The van der Waals surface area contributed by atoms with Gasteiger partial charge >= 0.3 is 0 Å². The lowest BCUT2D eigenvalue weighted by atomic mass is 10.0. The van der Waals surface area contributed by atoms with Gasteiger partial charge in [-0.25, -0.2) is 4.98 Å². The van der Waals surface area contributed by atoms with Crippen molar-refractivity contribution in [2.45, 2.75) is 13.3 Å². The molecule has 3 aromatic rings. The van der Waals surface area contributed by atoms with E-state index in [1.54, 1.807) is 0 Å². The van der Waals surface area contributed by atoms with Gasteiger partial charge in [0.05, 0.1) is 30.9 Å². The molecule has 6 heteroatoms. The molecule has 2 aliphatic heterocycles. The molecule has 0 unspecified atom stereocenters. The highest BCUT2D eigenvalue weighted by atomic mass is 16.5. The lowest BCUT2D eigenvalue weighted by molar-refractivity contribution is 0.102. The van der Waals surface area contributed by atoms with E-state index in [4.69, 9.17) is 14.5 Å². The standard InChI is InChI=1S/C25H25N3O3/c1-17-7-8-22-20(14-17)21(16-23(27-22)24-6-3-11-31-24)25(29)26-18-4-2-5-19(15-18)28-9-12-30-13-10-28/h2,4-8,14-16H,3,9-13H2,1H3,(H,26,29). The Morgan fingerprint density at radius 3 is 2.74 bits per heavy atom. The molecule has 6 nitrogen and oxygen atoms in total. The average molecular weight is 415 g/mol. The summed E-state index contributed by atoms with van der Waals surface area (Å²) in [4.78, 5) is 20.4. The van der Waals surface area contributed by atoms with Crippen molar-refractivity contribution < 1.29 is 14.3 Å². The summed E-state index contributed by atoms with van der Waals surface area (Å²) in [6.07, 6.45) is 2.88. The van der Waals surface area contributed by atoms with E-state index in [1.807, 2.05) is 55.5 Å². The highest BCUT2D eigenvalue weighted by Gasteiger charge is 2.18. The summed E-state index contributed by atoms with van der Waals surface area (Å²) >= 11 is 0. The number of aromatic nitrogens is 1. The summed E-state index contributed by atoms with van der Waals surface area (Å²) in [7, 11) is 0.